The summed E-state index contributed by atoms with van der Waals surface area (Å²) in [5.41, 5.74) is 8.06. The Labute approximate surface area is 245 Å². The van der Waals surface area contributed by atoms with E-state index < -0.39 is 18.2 Å². The molecule has 1 aliphatic rings. The van der Waals surface area contributed by atoms with Crippen molar-refractivity contribution < 1.29 is 32.7 Å². The van der Waals surface area contributed by atoms with E-state index in [2.05, 4.69) is 15.5 Å². The van der Waals surface area contributed by atoms with Gasteiger partial charge in [0.05, 0.1) is 29.7 Å². The van der Waals surface area contributed by atoms with Gasteiger partial charge in [-0.2, -0.15) is 4.98 Å². The molecule has 5 aromatic rings. The van der Waals surface area contributed by atoms with Crippen LogP contribution in [0.15, 0.2) is 85.4 Å². The van der Waals surface area contributed by atoms with Gasteiger partial charge in [0.2, 0.25) is 0 Å². The number of amidine groups is 1. The number of hydrogen-bond donors (Lipinski definition) is 1. The number of nitrogens with one attached hydrogen (secondary N) is 1. The minimum atomic E-state index is -0.850. The molecule has 220 valence electrons. The van der Waals surface area contributed by atoms with Crippen molar-refractivity contribution >= 4 is 22.8 Å². The molecule has 12 nitrogen and oxygen atoms in total. The lowest BCUT2D eigenvalue weighted by molar-refractivity contribution is -0.125. The highest BCUT2D eigenvalue weighted by Gasteiger charge is 2.23. The lowest BCUT2D eigenvalue weighted by Gasteiger charge is -2.13. The molecule has 0 radical (unpaired) electrons. The van der Waals surface area contributed by atoms with Gasteiger partial charge >= 0.3 is 11.8 Å². The zero-order chi connectivity index (χ0) is 29.9. The Morgan fingerprint density at radius 3 is 2.51 bits per heavy atom. The molecule has 1 atom stereocenters. The van der Waals surface area contributed by atoms with Crippen molar-refractivity contribution in [3.05, 3.63) is 106 Å². The van der Waals surface area contributed by atoms with Crippen LogP contribution < -0.4 is 16.0 Å². The molecule has 6 rings (SSSR count). The molecule has 1 unspecified atom stereocenters. The number of hydrogen-bond acceptors (Lipinski definition) is 11. The summed E-state index contributed by atoms with van der Waals surface area (Å²) in [7, 11) is 1.53. The fourth-order valence-electron chi connectivity index (χ4n) is 4.83. The number of benzene rings is 3. The molecule has 2 aromatic heterocycles. The van der Waals surface area contributed by atoms with Gasteiger partial charge in [0, 0.05) is 12.7 Å². The first-order chi connectivity index (χ1) is 20.9. The van der Waals surface area contributed by atoms with Crippen LogP contribution >= 0.6 is 0 Å². The van der Waals surface area contributed by atoms with E-state index in [1.807, 2.05) is 66.1 Å². The number of nitrogens with zero attached hydrogens (tertiary/aromatic N) is 3. The summed E-state index contributed by atoms with van der Waals surface area (Å²) in [6, 6.07) is 21.5. The molecule has 43 heavy (non-hydrogen) atoms. The Hall–Kier alpha value is -5.20. The largest absolute Gasteiger partial charge is 0.519 e. The van der Waals surface area contributed by atoms with E-state index in [1.54, 1.807) is 19.1 Å². The number of aliphatic imine (C=N–C) groups is 1. The van der Waals surface area contributed by atoms with E-state index >= 15 is 0 Å². The number of hydroxylamine groups is 1. The maximum absolute atomic E-state index is 13.2. The van der Waals surface area contributed by atoms with E-state index in [9.17, 15) is 9.59 Å². The molecule has 12 heteroatoms. The van der Waals surface area contributed by atoms with Crippen molar-refractivity contribution in [3.63, 3.8) is 0 Å². The minimum absolute atomic E-state index is 0.150. The summed E-state index contributed by atoms with van der Waals surface area (Å²) in [4.78, 5) is 39.0. The number of methoxy groups -OCH3 is 1. The van der Waals surface area contributed by atoms with Gasteiger partial charge in [-0.1, -0.05) is 54.6 Å². The van der Waals surface area contributed by atoms with E-state index in [1.165, 1.54) is 7.11 Å². The zero-order valence-electron chi connectivity index (χ0n) is 23.7. The number of imidazole rings is 1. The Bertz CT molecular complexity index is 1870. The van der Waals surface area contributed by atoms with Crippen LogP contribution in [0.25, 0.3) is 22.2 Å². The van der Waals surface area contributed by atoms with Crippen molar-refractivity contribution in [1.29, 1.82) is 0 Å². The molecule has 0 aliphatic carbocycles. The molecule has 3 aromatic carbocycles. The summed E-state index contributed by atoms with van der Waals surface area (Å²) < 4.78 is 28.1. The molecule has 3 heterocycles. The highest BCUT2D eigenvalue weighted by molar-refractivity contribution is 6.04. The molecule has 0 amide bonds. The second-order valence-electron chi connectivity index (χ2n) is 9.58. The van der Waals surface area contributed by atoms with Gasteiger partial charge in [-0.25, -0.2) is 24.9 Å². The number of carbonyl (C=O) groups is 1. The number of ether oxygens (including phenoxy) is 3. The van der Waals surface area contributed by atoms with Crippen molar-refractivity contribution in [1.82, 2.24) is 15.0 Å². The Morgan fingerprint density at radius 1 is 1.02 bits per heavy atom. The molecule has 1 aliphatic heterocycles. The first-order valence-corrected chi connectivity index (χ1v) is 13.5. The lowest BCUT2D eigenvalue weighted by Crippen LogP contribution is -2.20. The van der Waals surface area contributed by atoms with Gasteiger partial charge in [-0.3, -0.25) is 4.57 Å². The van der Waals surface area contributed by atoms with E-state index in [-0.39, 0.29) is 18.1 Å². The van der Waals surface area contributed by atoms with Gasteiger partial charge in [0.25, 0.3) is 12.4 Å². The topological polar surface area (TPSA) is 140 Å². The highest BCUT2D eigenvalue weighted by atomic mass is 16.8. The van der Waals surface area contributed by atoms with Crippen LogP contribution in [0.4, 0.5) is 0 Å². The minimum Gasteiger partial charge on any atom is -0.465 e. The predicted octanol–water partition coefficient (Wildman–Crippen LogP) is 4.57. The molecule has 1 N–H and O–H groups in total. The average molecular weight is 585 g/mol. The summed E-state index contributed by atoms with van der Waals surface area (Å²) in [5.74, 6) is -0.462. The molecule has 0 saturated heterocycles. The summed E-state index contributed by atoms with van der Waals surface area (Å²) in [6.45, 7) is 3.96. The third-order valence-electron chi connectivity index (χ3n) is 6.88. The monoisotopic (exact) mass is 584 g/mol. The summed E-state index contributed by atoms with van der Waals surface area (Å²) in [5, 5.41) is 0. The van der Waals surface area contributed by atoms with Gasteiger partial charge in [0.1, 0.15) is 0 Å². The molecule has 0 spiro atoms. The standard InChI is InChI=1S/C31H28N4O8/c1-4-39-29-32-24-11-7-10-23(28(36)40-17-25-18(2)41-31(37)42-25)26(24)35(29)16-19-12-14-20(15-13-19)21-8-5-6-9-22(21)27-33-30(38-3)43-34-27/h5-15,30H,4,16-17H2,1-3H3,(H,33,34). The first kappa shape index (κ1) is 27.9. The third kappa shape index (κ3) is 5.65. The second kappa shape index (κ2) is 12.0. The lowest BCUT2D eigenvalue weighted by atomic mass is 9.98. The number of carbonyl (C=O) groups excluding carboxylic acids is 1. The fourth-order valence-corrected chi connectivity index (χ4v) is 4.83. The van der Waals surface area contributed by atoms with Crippen LogP contribution in [0, 0.1) is 6.92 Å². The van der Waals surface area contributed by atoms with E-state index in [0.29, 0.717) is 41.6 Å². The average Bonchev–Trinajstić information content (AvgIpc) is 3.73. The van der Waals surface area contributed by atoms with Crippen LogP contribution in [0.3, 0.4) is 0 Å². The van der Waals surface area contributed by atoms with Gasteiger partial charge < -0.3 is 23.0 Å². The smallest absolute Gasteiger partial charge is 0.465 e. The van der Waals surface area contributed by atoms with Crippen molar-refractivity contribution in [2.75, 3.05) is 13.7 Å². The third-order valence-corrected chi connectivity index (χ3v) is 6.88. The van der Waals surface area contributed by atoms with E-state index in [4.69, 9.17) is 27.9 Å². The summed E-state index contributed by atoms with van der Waals surface area (Å²) >= 11 is 0. The SMILES string of the molecule is CCOc1nc2cccc(C(=O)OCc3oc(=O)oc3C)c2n1Cc1ccc(-c2ccccc2C2=NC(OC)ON2)cc1. The van der Waals surface area contributed by atoms with Crippen LogP contribution in [0.5, 0.6) is 6.01 Å². The Kier molecular flexibility index (Phi) is 7.77. The Morgan fingerprint density at radius 2 is 1.81 bits per heavy atom. The normalized spacial score (nSPS) is 14.5. The van der Waals surface area contributed by atoms with Crippen molar-refractivity contribution in [3.8, 4) is 17.1 Å². The van der Waals surface area contributed by atoms with Crippen LogP contribution in [-0.2, 0) is 27.5 Å². The van der Waals surface area contributed by atoms with Gasteiger partial charge in [-0.05, 0) is 42.7 Å². The number of aryl methyl sites for hydroxylation is 1. The molecular weight excluding hydrogens is 556 g/mol. The molecule has 0 fully saturated rings. The summed E-state index contributed by atoms with van der Waals surface area (Å²) in [6.07, 6.45) is -0.701. The quantitative estimate of drug-likeness (QED) is 0.232. The molecular formula is C31H28N4O8. The van der Waals surface area contributed by atoms with Gasteiger partial charge in [0.15, 0.2) is 24.0 Å². The number of fused-ring (bicyclic) bond motifs is 1. The van der Waals surface area contributed by atoms with Crippen molar-refractivity contribution in [2.45, 2.75) is 33.4 Å². The van der Waals surface area contributed by atoms with Crippen LogP contribution in [0.1, 0.15) is 39.9 Å². The first-order valence-electron chi connectivity index (χ1n) is 13.5. The van der Waals surface area contributed by atoms with Gasteiger partial charge in [-0.15, -0.1) is 0 Å². The molecule has 0 saturated carbocycles. The fraction of sp³-hybridized carbons (Fsp3) is 0.226. The maximum atomic E-state index is 13.2. The number of aromatic nitrogens is 2. The second-order valence-corrected chi connectivity index (χ2v) is 9.58. The Balaban J connectivity index is 1.30. The molecule has 0 bridgehead atoms. The van der Waals surface area contributed by atoms with Crippen LogP contribution in [0.2, 0.25) is 0 Å². The highest BCUT2D eigenvalue weighted by Crippen LogP contribution is 2.29. The number of esters is 1. The van der Waals surface area contributed by atoms with Crippen molar-refractivity contribution in [2.24, 2.45) is 4.99 Å². The maximum Gasteiger partial charge on any atom is 0.519 e. The van der Waals surface area contributed by atoms with E-state index in [0.717, 1.165) is 22.3 Å². The number of para-hydroxylation sites is 1. The zero-order valence-corrected chi connectivity index (χ0v) is 23.7. The predicted molar refractivity (Wildman–Crippen MR) is 155 cm³/mol. The van der Waals surface area contributed by atoms with Crippen LogP contribution in [-0.4, -0.2) is 41.5 Å². The number of rotatable bonds is 10.